The van der Waals surface area contributed by atoms with Gasteiger partial charge in [0.1, 0.15) is 0 Å². The summed E-state index contributed by atoms with van der Waals surface area (Å²) >= 11 is 5.53. The zero-order valence-electron chi connectivity index (χ0n) is 15.4. The van der Waals surface area contributed by atoms with E-state index >= 15 is 0 Å². The number of tetrazole rings is 1. The molecule has 2 heterocycles. The number of benzene rings is 1. The summed E-state index contributed by atoms with van der Waals surface area (Å²) in [7, 11) is -2.92. The molecule has 9 heteroatoms. The number of hydrogen-bond donors (Lipinski definition) is 0. The lowest BCUT2D eigenvalue weighted by Gasteiger charge is -2.25. The molecule has 1 aromatic carbocycles. The summed E-state index contributed by atoms with van der Waals surface area (Å²) in [6.07, 6.45) is 0.661. The highest BCUT2D eigenvalue weighted by atomic mass is 32.2. The Morgan fingerprint density at radius 1 is 1.27 bits per heavy atom. The summed E-state index contributed by atoms with van der Waals surface area (Å²) in [6, 6.07) is 8.14. The molecule has 7 nitrogen and oxygen atoms in total. The molecular formula is C17H25N5O2S2. The third kappa shape index (κ3) is 4.05. The lowest BCUT2D eigenvalue weighted by Crippen LogP contribution is -2.37. The highest BCUT2D eigenvalue weighted by Crippen LogP contribution is 2.19. The van der Waals surface area contributed by atoms with Crippen LogP contribution in [0.3, 0.4) is 0 Å². The average molecular weight is 396 g/mol. The van der Waals surface area contributed by atoms with Crippen molar-refractivity contribution in [2.45, 2.75) is 45.8 Å². The maximum absolute atomic E-state index is 11.8. The molecule has 0 N–H and O–H groups in total. The van der Waals surface area contributed by atoms with Crippen LogP contribution in [0.4, 0.5) is 0 Å². The fraction of sp³-hybridized carbons (Fsp3) is 0.588. The van der Waals surface area contributed by atoms with Gasteiger partial charge in [0.05, 0.1) is 23.9 Å². The van der Waals surface area contributed by atoms with E-state index in [2.05, 4.69) is 41.3 Å². The molecule has 1 atom stereocenters. The maximum Gasteiger partial charge on any atom is 0.221 e. The van der Waals surface area contributed by atoms with Crippen molar-refractivity contribution in [3.8, 4) is 5.69 Å². The Balaban J connectivity index is 1.79. The number of rotatable bonds is 6. The van der Waals surface area contributed by atoms with Crippen LogP contribution in [0.5, 0.6) is 0 Å². The van der Waals surface area contributed by atoms with Crippen molar-refractivity contribution in [2.75, 3.05) is 18.1 Å². The van der Waals surface area contributed by atoms with Crippen LogP contribution in [-0.4, -0.2) is 57.2 Å². The van der Waals surface area contributed by atoms with Gasteiger partial charge in [-0.05, 0) is 59.2 Å². The van der Waals surface area contributed by atoms with E-state index in [1.54, 1.807) is 9.36 Å². The van der Waals surface area contributed by atoms with Crippen molar-refractivity contribution >= 4 is 22.1 Å². The minimum Gasteiger partial charge on any atom is -0.280 e. The van der Waals surface area contributed by atoms with Crippen molar-refractivity contribution in [3.63, 3.8) is 0 Å². The number of sulfone groups is 1. The monoisotopic (exact) mass is 395 g/mol. The van der Waals surface area contributed by atoms with E-state index < -0.39 is 9.84 Å². The molecule has 3 rings (SSSR count). The highest BCUT2D eigenvalue weighted by molar-refractivity contribution is 7.91. The molecule has 0 radical (unpaired) electrons. The van der Waals surface area contributed by atoms with Gasteiger partial charge in [0.25, 0.3) is 0 Å². The largest absolute Gasteiger partial charge is 0.280 e. The molecule has 0 amide bonds. The molecule has 1 saturated heterocycles. The van der Waals surface area contributed by atoms with Crippen molar-refractivity contribution in [1.82, 2.24) is 24.7 Å². The SMILES string of the molecule is CCN(Cn1nnn(-c2ccc(C(C)C)cc2)c1=S)[C@H]1CCS(=O)(=O)C1. The van der Waals surface area contributed by atoms with E-state index in [0.29, 0.717) is 23.8 Å². The van der Waals surface area contributed by atoms with Gasteiger partial charge in [0.2, 0.25) is 4.77 Å². The Labute approximate surface area is 159 Å². The van der Waals surface area contributed by atoms with Gasteiger partial charge < -0.3 is 0 Å². The lowest BCUT2D eigenvalue weighted by molar-refractivity contribution is 0.162. The van der Waals surface area contributed by atoms with E-state index in [1.807, 2.05) is 19.1 Å². The summed E-state index contributed by atoms with van der Waals surface area (Å²) in [5.74, 6) is 0.932. The summed E-state index contributed by atoms with van der Waals surface area (Å²) in [5.41, 5.74) is 2.13. The molecule has 0 aliphatic carbocycles. The number of nitrogens with zero attached hydrogens (tertiary/aromatic N) is 5. The fourth-order valence-corrected chi connectivity index (χ4v) is 5.23. The van der Waals surface area contributed by atoms with Gasteiger partial charge in [-0.15, -0.1) is 0 Å². The quantitative estimate of drug-likeness (QED) is 0.699. The standard InChI is InChI=1S/C17H25N5O2S2/c1-4-20(16-9-10-26(23,24)11-16)12-21-17(25)22(19-18-21)15-7-5-14(6-8-15)13(2)3/h5-8,13,16H,4,9-12H2,1-3H3/t16-/m0/s1. The molecule has 1 aromatic heterocycles. The second-order valence-corrected chi connectivity index (χ2v) is 9.62. The number of hydrogen-bond acceptors (Lipinski definition) is 6. The second-order valence-electron chi connectivity index (χ2n) is 7.02. The van der Waals surface area contributed by atoms with Gasteiger partial charge in [-0.1, -0.05) is 32.9 Å². The minimum atomic E-state index is -2.92. The maximum atomic E-state index is 11.8. The number of aromatic nitrogens is 4. The van der Waals surface area contributed by atoms with Crippen molar-refractivity contribution in [3.05, 3.63) is 34.6 Å². The van der Waals surface area contributed by atoms with Gasteiger partial charge in [0, 0.05) is 6.04 Å². The fourth-order valence-electron chi connectivity index (χ4n) is 3.23. The van der Waals surface area contributed by atoms with E-state index in [9.17, 15) is 8.42 Å². The van der Waals surface area contributed by atoms with Gasteiger partial charge in [-0.2, -0.15) is 4.68 Å². The Morgan fingerprint density at radius 2 is 1.96 bits per heavy atom. The first-order valence-corrected chi connectivity index (χ1v) is 11.1. The van der Waals surface area contributed by atoms with Crippen LogP contribution in [-0.2, 0) is 16.5 Å². The van der Waals surface area contributed by atoms with E-state index in [1.165, 1.54) is 5.56 Å². The molecule has 0 bridgehead atoms. The average Bonchev–Trinajstić information content (AvgIpc) is 3.15. The first-order valence-electron chi connectivity index (χ1n) is 8.88. The predicted octanol–water partition coefficient (Wildman–Crippen LogP) is 2.39. The van der Waals surface area contributed by atoms with Crippen LogP contribution in [0.2, 0.25) is 0 Å². The topological polar surface area (TPSA) is 73.0 Å². The molecule has 0 unspecified atom stereocenters. The molecule has 1 fully saturated rings. The van der Waals surface area contributed by atoms with E-state index in [4.69, 9.17) is 12.2 Å². The minimum absolute atomic E-state index is 0.0161. The van der Waals surface area contributed by atoms with Crippen molar-refractivity contribution in [2.24, 2.45) is 0 Å². The zero-order chi connectivity index (χ0) is 18.9. The molecule has 0 saturated carbocycles. The molecule has 1 aliphatic heterocycles. The molecule has 26 heavy (non-hydrogen) atoms. The Bertz CT molecular complexity index is 915. The zero-order valence-corrected chi connectivity index (χ0v) is 17.0. The van der Waals surface area contributed by atoms with Crippen LogP contribution in [0.15, 0.2) is 24.3 Å². The van der Waals surface area contributed by atoms with Crippen LogP contribution in [0, 0.1) is 4.77 Å². The third-order valence-corrected chi connectivity index (χ3v) is 7.02. The Hall–Kier alpha value is -1.58. The summed E-state index contributed by atoms with van der Waals surface area (Å²) in [5, 5.41) is 8.36. The van der Waals surface area contributed by atoms with E-state index in [0.717, 1.165) is 12.2 Å². The Morgan fingerprint density at radius 3 is 2.50 bits per heavy atom. The first kappa shape index (κ1) is 19.2. The highest BCUT2D eigenvalue weighted by Gasteiger charge is 2.32. The normalized spacial score (nSPS) is 19.5. The van der Waals surface area contributed by atoms with Crippen LogP contribution in [0.1, 0.15) is 38.7 Å². The van der Waals surface area contributed by atoms with E-state index in [-0.39, 0.29) is 17.5 Å². The van der Waals surface area contributed by atoms with Gasteiger partial charge in [0.15, 0.2) is 9.84 Å². The van der Waals surface area contributed by atoms with Crippen molar-refractivity contribution in [1.29, 1.82) is 0 Å². The smallest absolute Gasteiger partial charge is 0.221 e. The summed E-state index contributed by atoms with van der Waals surface area (Å²) < 4.78 is 27.3. The van der Waals surface area contributed by atoms with Gasteiger partial charge in [-0.3, -0.25) is 4.90 Å². The summed E-state index contributed by atoms with van der Waals surface area (Å²) in [4.78, 5) is 2.10. The van der Waals surface area contributed by atoms with Crippen LogP contribution in [0.25, 0.3) is 5.69 Å². The first-order chi connectivity index (χ1) is 12.3. The summed E-state index contributed by atoms with van der Waals surface area (Å²) in [6.45, 7) is 7.50. The second kappa shape index (κ2) is 7.58. The molecule has 0 spiro atoms. The predicted molar refractivity (Wildman–Crippen MR) is 104 cm³/mol. The molecular weight excluding hydrogens is 370 g/mol. The van der Waals surface area contributed by atoms with Crippen molar-refractivity contribution < 1.29 is 8.42 Å². The molecule has 142 valence electrons. The molecule has 1 aliphatic rings. The van der Waals surface area contributed by atoms with Crippen LogP contribution >= 0.6 is 12.2 Å². The molecule has 2 aromatic rings. The van der Waals surface area contributed by atoms with Gasteiger partial charge >= 0.3 is 0 Å². The third-order valence-electron chi connectivity index (χ3n) is 4.89. The Kier molecular flexibility index (Phi) is 5.59. The van der Waals surface area contributed by atoms with Gasteiger partial charge in [-0.25, -0.2) is 13.1 Å². The van der Waals surface area contributed by atoms with Crippen LogP contribution < -0.4 is 0 Å². The lowest BCUT2D eigenvalue weighted by atomic mass is 10.0.